The average Bonchev–Trinajstić information content (AvgIpc) is 2.79. The van der Waals surface area contributed by atoms with Gasteiger partial charge >= 0.3 is 5.97 Å². The third-order valence-electron chi connectivity index (χ3n) is 5.99. The fourth-order valence-corrected chi connectivity index (χ4v) is 3.88. The van der Waals surface area contributed by atoms with Gasteiger partial charge in [-0.25, -0.2) is 0 Å². The lowest BCUT2D eigenvalue weighted by molar-refractivity contribution is -0.145. The predicted octanol–water partition coefficient (Wildman–Crippen LogP) is 8.40. The van der Waals surface area contributed by atoms with Crippen molar-refractivity contribution in [3.63, 3.8) is 0 Å². The monoisotopic (exact) mass is 456 g/mol. The lowest BCUT2D eigenvalue weighted by atomic mass is 10.0. The minimum atomic E-state index is -0.109. The molecule has 0 spiro atoms. The first kappa shape index (κ1) is 31.4. The molecule has 0 aliphatic carbocycles. The van der Waals surface area contributed by atoms with Crippen molar-refractivity contribution >= 4 is 5.97 Å². The van der Waals surface area contributed by atoms with Gasteiger partial charge in [0.25, 0.3) is 0 Å². The van der Waals surface area contributed by atoms with E-state index in [2.05, 4.69) is 13.8 Å². The molecule has 0 aliphatic heterocycles. The van der Waals surface area contributed by atoms with E-state index in [1.807, 2.05) is 0 Å². The number of hydrogen-bond donors (Lipinski definition) is 0. The zero-order chi connectivity index (χ0) is 23.4. The first-order chi connectivity index (χ1) is 15.8. The van der Waals surface area contributed by atoms with E-state index in [1.54, 1.807) is 0 Å². The molecule has 0 aromatic rings. The van der Waals surface area contributed by atoms with Crippen molar-refractivity contribution in [3.8, 4) is 0 Å². The molecule has 4 heteroatoms. The maximum atomic E-state index is 11.4. The number of carbonyl (C=O) groups is 1. The molecule has 0 aliphatic rings. The fourth-order valence-electron chi connectivity index (χ4n) is 3.88. The molecule has 0 atom stereocenters. The third-order valence-corrected chi connectivity index (χ3v) is 5.99. The second kappa shape index (κ2) is 28.4. The van der Waals surface area contributed by atoms with Gasteiger partial charge in [-0.15, -0.1) is 0 Å². The number of rotatable bonds is 27. The zero-order valence-electron chi connectivity index (χ0n) is 21.8. The predicted molar refractivity (Wildman–Crippen MR) is 136 cm³/mol. The van der Waals surface area contributed by atoms with Crippen LogP contribution in [0.3, 0.4) is 0 Å². The summed E-state index contributed by atoms with van der Waals surface area (Å²) in [5, 5.41) is 0. The highest BCUT2D eigenvalue weighted by Gasteiger charge is 2.01. The van der Waals surface area contributed by atoms with Crippen LogP contribution in [0.1, 0.15) is 142 Å². The van der Waals surface area contributed by atoms with Crippen molar-refractivity contribution < 1.29 is 19.0 Å². The Hall–Kier alpha value is -0.610. The minimum absolute atomic E-state index is 0.109. The van der Waals surface area contributed by atoms with Gasteiger partial charge in [-0.2, -0.15) is 0 Å². The summed E-state index contributed by atoms with van der Waals surface area (Å²) in [5.41, 5.74) is 0. The maximum absolute atomic E-state index is 11.4. The van der Waals surface area contributed by atoms with E-state index in [0.717, 1.165) is 32.3 Å². The van der Waals surface area contributed by atoms with Crippen LogP contribution in [0.2, 0.25) is 0 Å². The molecular weight excluding hydrogens is 400 g/mol. The summed E-state index contributed by atoms with van der Waals surface area (Å²) in [6.45, 7) is 7.26. The standard InChI is InChI=1S/C28H56O4/c1-3-5-7-8-9-10-11-12-13-14-15-16-17-18-19-21-23-30-24-25-31-26-27-32-28(29)22-20-6-4-2/h3-27H2,1-2H3. The molecule has 0 amide bonds. The van der Waals surface area contributed by atoms with E-state index < -0.39 is 0 Å². The van der Waals surface area contributed by atoms with Crippen LogP contribution in [0.5, 0.6) is 0 Å². The molecule has 4 nitrogen and oxygen atoms in total. The van der Waals surface area contributed by atoms with Gasteiger partial charge in [-0.05, 0) is 12.8 Å². The average molecular weight is 457 g/mol. The lowest BCUT2D eigenvalue weighted by Gasteiger charge is -2.07. The van der Waals surface area contributed by atoms with E-state index in [4.69, 9.17) is 14.2 Å². The Morgan fingerprint density at radius 2 is 0.812 bits per heavy atom. The van der Waals surface area contributed by atoms with Gasteiger partial charge in [-0.1, -0.05) is 123 Å². The Morgan fingerprint density at radius 1 is 0.438 bits per heavy atom. The van der Waals surface area contributed by atoms with Crippen LogP contribution in [-0.2, 0) is 19.0 Å². The summed E-state index contributed by atoms with van der Waals surface area (Å²) >= 11 is 0. The molecule has 0 aromatic carbocycles. The highest BCUT2D eigenvalue weighted by molar-refractivity contribution is 5.69. The van der Waals surface area contributed by atoms with Gasteiger partial charge in [0.15, 0.2) is 0 Å². The van der Waals surface area contributed by atoms with Crippen LogP contribution in [0.4, 0.5) is 0 Å². The minimum Gasteiger partial charge on any atom is -0.463 e. The SMILES string of the molecule is CCCCCCCCCCCCCCCCCCOCCOCCOC(=O)CCCCC. The fraction of sp³-hybridized carbons (Fsp3) is 0.964. The third kappa shape index (κ3) is 27.4. The van der Waals surface area contributed by atoms with Crippen molar-refractivity contribution in [2.45, 2.75) is 142 Å². The van der Waals surface area contributed by atoms with Gasteiger partial charge < -0.3 is 14.2 Å². The summed E-state index contributed by atoms with van der Waals surface area (Å²) < 4.78 is 16.2. The second-order valence-electron chi connectivity index (χ2n) is 9.21. The maximum Gasteiger partial charge on any atom is 0.305 e. The molecule has 0 aromatic heterocycles. The van der Waals surface area contributed by atoms with Gasteiger partial charge in [0, 0.05) is 13.0 Å². The molecule has 0 fully saturated rings. The lowest BCUT2D eigenvalue weighted by Crippen LogP contribution is -2.13. The van der Waals surface area contributed by atoms with Crippen molar-refractivity contribution in [2.75, 3.05) is 33.0 Å². The molecule has 192 valence electrons. The Balaban J connectivity index is 3.06. The molecule has 32 heavy (non-hydrogen) atoms. The molecule has 0 heterocycles. The van der Waals surface area contributed by atoms with Crippen molar-refractivity contribution in [2.24, 2.45) is 0 Å². The van der Waals surface area contributed by atoms with E-state index in [-0.39, 0.29) is 5.97 Å². The molecule has 0 unspecified atom stereocenters. The zero-order valence-corrected chi connectivity index (χ0v) is 21.8. The molecule has 0 saturated heterocycles. The van der Waals surface area contributed by atoms with Crippen molar-refractivity contribution in [1.29, 1.82) is 0 Å². The number of ether oxygens (including phenoxy) is 3. The quantitative estimate of drug-likeness (QED) is 0.0919. The Labute approximate surface area is 200 Å². The van der Waals surface area contributed by atoms with E-state index in [1.165, 1.54) is 96.3 Å². The Morgan fingerprint density at radius 3 is 1.31 bits per heavy atom. The number of esters is 1. The Bertz CT molecular complexity index is 359. The van der Waals surface area contributed by atoms with Crippen LogP contribution in [0.25, 0.3) is 0 Å². The molecule has 0 radical (unpaired) electrons. The number of carbonyl (C=O) groups excluding carboxylic acids is 1. The van der Waals surface area contributed by atoms with Gasteiger partial charge in [0.05, 0.1) is 19.8 Å². The van der Waals surface area contributed by atoms with Crippen molar-refractivity contribution in [1.82, 2.24) is 0 Å². The summed E-state index contributed by atoms with van der Waals surface area (Å²) in [4.78, 5) is 11.4. The molecule has 0 saturated carbocycles. The van der Waals surface area contributed by atoms with Gasteiger partial charge in [-0.3, -0.25) is 4.79 Å². The van der Waals surface area contributed by atoms with E-state index in [0.29, 0.717) is 32.8 Å². The first-order valence-electron chi connectivity index (χ1n) is 14.1. The number of hydrogen-bond acceptors (Lipinski definition) is 4. The van der Waals surface area contributed by atoms with Crippen LogP contribution in [0.15, 0.2) is 0 Å². The van der Waals surface area contributed by atoms with Crippen molar-refractivity contribution in [3.05, 3.63) is 0 Å². The molecule has 0 N–H and O–H groups in total. The normalized spacial score (nSPS) is 11.2. The summed E-state index contributed by atoms with van der Waals surface area (Å²) in [6, 6.07) is 0. The van der Waals surface area contributed by atoms with Crippen LogP contribution in [0, 0.1) is 0 Å². The van der Waals surface area contributed by atoms with E-state index >= 15 is 0 Å². The largest absolute Gasteiger partial charge is 0.463 e. The molecular formula is C28H56O4. The van der Waals surface area contributed by atoms with Crippen LogP contribution < -0.4 is 0 Å². The van der Waals surface area contributed by atoms with Crippen LogP contribution in [-0.4, -0.2) is 39.0 Å². The molecule has 0 bridgehead atoms. The highest BCUT2D eigenvalue weighted by atomic mass is 16.6. The molecule has 0 rings (SSSR count). The highest BCUT2D eigenvalue weighted by Crippen LogP contribution is 2.13. The smallest absolute Gasteiger partial charge is 0.305 e. The van der Waals surface area contributed by atoms with Gasteiger partial charge in [0.1, 0.15) is 6.61 Å². The summed E-state index contributed by atoms with van der Waals surface area (Å²) in [5.74, 6) is -0.109. The summed E-state index contributed by atoms with van der Waals surface area (Å²) in [6.07, 6.45) is 25.9. The van der Waals surface area contributed by atoms with Crippen LogP contribution >= 0.6 is 0 Å². The first-order valence-corrected chi connectivity index (χ1v) is 14.1. The number of unbranched alkanes of at least 4 members (excludes halogenated alkanes) is 17. The van der Waals surface area contributed by atoms with E-state index in [9.17, 15) is 4.79 Å². The Kier molecular flexibility index (Phi) is 27.9. The topological polar surface area (TPSA) is 44.8 Å². The van der Waals surface area contributed by atoms with Gasteiger partial charge in [0.2, 0.25) is 0 Å². The summed E-state index contributed by atoms with van der Waals surface area (Å²) in [7, 11) is 0. The second-order valence-corrected chi connectivity index (χ2v) is 9.21.